The lowest BCUT2D eigenvalue weighted by atomic mass is 10.1. The smallest absolute Gasteiger partial charge is 0.279 e. The Kier molecular flexibility index (Phi) is 4.30. The zero-order chi connectivity index (χ0) is 18.5. The molecule has 9 heteroatoms. The molecule has 3 fully saturated rings. The van der Waals surface area contributed by atoms with Gasteiger partial charge >= 0.3 is 0 Å². The molecule has 1 aromatic carbocycles. The van der Waals surface area contributed by atoms with Crippen molar-refractivity contribution in [2.75, 3.05) is 31.6 Å². The van der Waals surface area contributed by atoms with E-state index >= 15 is 0 Å². The molecule has 26 heavy (non-hydrogen) atoms. The third-order valence-corrected chi connectivity index (χ3v) is 7.16. The Morgan fingerprint density at radius 3 is 2.92 bits per heavy atom. The van der Waals surface area contributed by atoms with Gasteiger partial charge in [0.05, 0.1) is 12.0 Å². The average Bonchev–Trinajstić information content (AvgIpc) is 2.94. The minimum absolute atomic E-state index is 0.0282. The molecule has 7 nitrogen and oxygen atoms in total. The highest BCUT2D eigenvalue weighted by Crippen LogP contribution is 2.58. The number of nitrogens with one attached hydrogen (secondary N) is 2. The van der Waals surface area contributed by atoms with Crippen molar-refractivity contribution < 1.29 is 22.3 Å². The van der Waals surface area contributed by atoms with Gasteiger partial charge in [0.15, 0.2) is 0 Å². The van der Waals surface area contributed by atoms with E-state index in [0.717, 1.165) is 0 Å². The van der Waals surface area contributed by atoms with Crippen LogP contribution in [0.5, 0.6) is 0 Å². The highest BCUT2D eigenvalue weighted by molar-refractivity contribution is 7.87. The van der Waals surface area contributed by atoms with Crippen LogP contribution in [0, 0.1) is 24.1 Å². The summed E-state index contributed by atoms with van der Waals surface area (Å²) >= 11 is 0. The lowest BCUT2D eigenvalue weighted by Crippen LogP contribution is -2.46. The fraction of sp³-hybridized carbons (Fsp3) is 0.588. The molecule has 0 spiro atoms. The topological polar surface area (TPSA) is 87.7 Å². The number of aryl methyl sites for hydroxylation is 1. The second-order valence-electron chi connectivity index (χ2n) is 7.45. The molecule has 1 aromatic rings. The Morgan fingerprint density at radius 2 is 2.23 bits per heavy atom. The number of nitrogens with zero attached hydrogens (tertiary/aromatic N) is 1. The number of fused-ring (bicyclic) bond motifs is 1. The molecule has 0 aromatic heterocycles. The fourth-order valence-corrected chi connectivity index (χ4v) is 5.40. The summed E-state index contributed by atoms with van der Waals surface area (Å²) in [5, 5.41) is 2.81. The van der Waals surface area contributed by atoms with Gasteiger partial charge in [-0.05, 0) is 49.4 Å². The Hall–Kier alpha value is -1.55. The molecule has 3 aliphatic rings. The maximum Gasteiger partial charge on any atom is 0.279 e. The maximum absolute atomic E-state index is 13.4. The number of hydrogen-bond donors (Lipinski definition) is 2. The van der Waals surface area contributed by atoms with Gasteiger partial charge in [-0.2, -0.15) is 17.4 Å². The summed E-state index contributed by atoms with van der Waals surface area (Å²) in [4.78, 5) is 12.7. The monoisotopic (exact) mass is 383 g/mol. The van der Waals surface area contributed by atoms with Crippen LogP contribution in [-0.2, 0) is 19.7 Å². The first kappa shape index (κ1) is 17.8. The number of piperidine rings is 1. The Balaban J connectivity index is 1.42. The lowest BCUT2D eigenvalue weighted by Gasteiger charge is -2.22. The Morgan fingerprint density at radius 1 is 1.42 bits per heavy atom. The quantitative estimate of drug-likeness (QED) is 0.795. The number of anilines is 1. The van der Waals surface area contributed by atoms with E-state index < -0.39 is 15.6 Å². The van der Waals surface area contributed by atoms with Crippen LogP contribution in [0.4, 0.5) is 10.1 Å². The van der Waals surface area contributed by atoms with Crippen LogP contribution in [0.15, 0.2) is 18.2 Å². The average molecular weight is 383 g/mol. The van der Waals surface area contributed by atoms with Gasteiger partial charge in [-0.3, -0.25) is 4.79 Å². The molecular formula is C17H22FN3O4S. The van der Waals surface area contributed by atoms with Gasteiger partial charge in [-0.15, -0.1) is 0 Å². The van der Waals surface area contributed by atoms with Crippen LogP contribution >= 0.6 is 0 Å². The van der Waals surface area contributed by atoms with Gasteiger partial charge in [-0.25, -0.2) is 4.39 Å². The molecule has 4 rings (SSSR count). The Labute approximate surface area is 152 Å². The normalized spacial score (nSPS) is 31.0. The molecule has 2 aliphatic heterocycles. The summed E-state index contributed by atoms with van der Waals surface area (Å²) in [7, 11) is -3.63. The molecule has 1 saturated carbocycles. The summed E-state index contributed by atoms with van der Waals surface area (Å²) in [6, 6.07) is 4.20. The number of ether oxygens (including phenoxy) is 1. The van der Waals surface area contributed by atoms with E-state index in [1.165, 1.54) is 16.4 Å². The SMILES string of the molecule is Cc1cc(NC(=O)C23CC2CN(S(=O)(=O)NC2CCOC2)C3)ccc1F. The Bertz CT molecular complexity index is 840. The molecule has 2 heterocycles. The summed E-state index contributed by atoms with van der Waals surface area (Å²) in [6.45, 7) is 3.09. The molecule has 0 bridgehead atoms. The van der Waals surface area contributed by atoms with Gasteiger partial charge in [0.25, 0.3) is 10.2 Å². The summed E-state index contributed by atoms with van der Waals surface area (Å²) in [5.41, 5.74) is 0.297. The van der Waals surface area contributed by atoms with Gasteiger partial charge < -0.3 is 10.1 Å². The maximum atomic E-state index is 13.4. The first-order valence-electron chi connectivity index (χ1n) is 8.73. The number of halogens is 1. The summed E-state index contributed by atoms with van der Waals surface area (Å²) in [5.74, 6) is -0.499. The van der Waals surface area contributed by atoms with E-state index in [2.05, 4.69) is 10.0 Å². The van der Waals surface area contributed by atoms with Crippen molar-refractivity contribution in [2.24, 2.45) is 11.3 Å². The van der Waals surface area contributed by atoms with Crippen LogP contribution in [0.3, 0.4) is 0 Å². The molecule has 3 atom stereocenters. The van der Waals surface area contributed by atoms with E-state index in [4.69, 9.17) is 4.74 Å². The minimum atomic E-state index is -3.63. The predicted molar refractivity (Wildman–Crippen MR) is 93.2 cm³/mol. The lowest BCUT2D eigenvalue weighted by molar-refractivity contribution is -0.121. The van der Waals surface area contributed by atoms with E-state index in [1.807, 2.05) is 0 Å². The van der Waals surface area contributed by atoms with Crippen LogP contribution < -0.4 is 10.0 Å². The van der Waals surface area contributed by atoms with Crippen molar-refractivity contribution in [2.45, 2.75) is 25.8 Å². The summed E-state index contributed by atoms with van der Waals surface area (Å²) in [6.07, 6.45) is 1.34. The van der Waals surface area contributed by atoms with Gasteiger partial charge in [0.1, 0.15) is 5.82 Å². The zero-order valence-electron chi connectivity index (χ0n) is 14.5. The van der Waals surface area contributed by atoms with E-state index in [1.54, 1.807) is 13.0 Å². The summed E-state index contributed by atoms with van der Waals surface area (Å²) < 4.78 is 47.7. The van der Waals surface area contributed by atoms with Crippen molar-refractivity contribution >= 4 is 21.8 Å². The van der Waals surface area contributed by atoms with Gasteiger partial charge in [0, 0.05) is 31.4 Å². The largest absolute Gasteiger partial charge is 0.380 e. The third-order valence-electron chi connectivity index (χ3n) is 5.57. The highest BCUT2D eigenvalue weighted by Gasteiger charge is 2.66. The number of amides is 1. The predicted octanol–water partition coefficient (Wildman–Crippen LogP) is 1.02. The zero-order valence-corrected chi connectivity index (χ0v) is 15.3. The van der Waals surface area contributed by atoms with E-state index in [-0.39, 0.29) is 30.2 Å². The second-order valence-corrected chi connectivity index (χ2v) is 9.15. The van der Waals surface area contributed by atoms with E-state index in [0.29, 0.717) is 43.9 Å². The van der Waals surface area contributed by atoms with Gasteiger partial charge in [-0.1, -0.05) is 0 Å². The number of carbonyl (C=O) groups is 1. The minimum Gasteiger partial charge on any atom is -0.380 e. The number of hydrogen-bond acceptors (Lipinski definition) is 4. The second kappa shape index (κ2) is 6.26. The number of carbonyl (C=O) groups excluding carboxylic acids is 1. The molecule has 1 aliphatic carbocycles. The van der Waals surface area contributed by atoms with Crippen LogP contribution in [0.1, 0.15) is 18.4 Å². The van der Waals surface area contributed by atoms with E-state index in [9.17, 15) is 17.6 Å². The molecule has 3 unspecified atom stereocenters. The van der Waals surface area contributed by atoms with Gasteiger partial charge in [0.2, 0.25) is 5.91 Å². The number of rotatable bonds is 5. The van der Waals surface area contributed by atoms with Crippen LogP contribution in [0.2, 0.25) is 0 Å². The first-order chi connectivity index (χ1) is 12.3. The first-order valence-corrected chi connectivity index (χ1v) is 10.2. The van der Waals surface area contributed by atoms with Crippen LogP contribution in [0.25, 0.3) is 0 Å². The molecule has 142 valence electrons. The van der Waals surface area contributed by atoms with Crippen LogP contribution in [-0.4, -0.2) is 51.0 Å². The highest BCUT2D eigenvalue weighted by atomic mass is 32.2. The molecule has 1 amide bonds. The number of benzene rings is 1. The van der Waals surface area contributed by atoms with Crippen molar-refractivity contribution in [1.29, 1.82) is 0 Å². The standard InChI is InChI=1S/C17H22FN3O4S/c1-11-6-13(2-3-15(11)18)19-16(22)17-7-12(17)8-21(10-17)26(23,24)20-14-4-5-25-9-14/h2-3,6,12,14,20H,4-5,7-10H2,1H3,(H,19,22). The molecule has 0 radical (unpaired) electrons. The van der Waals surface area contributed by atoms with Crippen molar-refractivity contribution in [1.82, 2.24) is 9.03 Å². The van der Waals surface area contributed by atoms with Crippen molar-refractivity contribution in [3.8, 4) is 0 Å². The van der Waals surface area contributed by atoms with Crippen molar-refractivity contribution in [3.05, 3.63) is 29.6 Å². The van der Waals surface area contributed by atoms with Crippen molar-refractivity contribution in [3.63, 3.8) is 0 Å². The molecular weight excluding hydrogens is 361 g/mol. The fourth-order valence-electron chi connectivity index (χ4n) is 3.86. The molecule has 2 saturated heterocycles. The third kappa shape index (κ3) is 3.13. The molecule has 2 N–H and O–H groups in total.